The number of H-pyrrole nitrogens is 1. The summed E-state index contributed by atoms with van der Waals surface area (Å²) in [5.41, 5.74) is 2.29. The van der Waals surface area contributed by atoms with Crippen molar-refractivity contribution in [2.75, 3.05) is 6.61 Å². The molecule has 6 heteroatoms. The normalized spacial score (nSPS) is 10.8. The van der Waals surface area contributed by atoms with Crippen LogP contribution in [0.1, 0.15) is 28.5 Å². The maximum atomic E-state index is 12.4. The van der Waals surface area contributed by atoms with Crippen molar-refractivity contribution >= 4 is 40.1 Å². The highest BCUT2D eigenvalue weighted by Gasteiger charge is 2.12. The maximum Gasteiger partial charge on any atom is 0.354 e. The van der Waals surface area contributed by atoms with Gasteiger partial charge >= 0.3 is 5.97 Å². The van der Waals surface area contributed by atoms with Crippen LogP contribution in [0, 0.1) is 0 Å². The van der Waals surface area contributed by atoms with E-state index in [1.54, 1.807) is 25.1 Å². The highest BCUT2D eigenvalue weighted by Crippen LogP contribution is 2.27. The van der Waals surface area contributed by atoms with Crippen LogP contribution in [0.15, 0.2) is 47.3 Å². The van der Waals surface area contributed by atoms with E-state index < -0.39 is 5.97 Å². The first-order chi connectivity index (χ1) is 12.0. The van der Waals surface area contributed by atoms with Gasteiger partial charge in [-0.1, -0.05) is 41.4 Å². The van der Waals surface area contributed by atoms with Gasteiger partial charge in [0.2, 0.25) is 0 Å². The Kier molecular flexibility index (Phi) is 5.11. The smallest absolute Gasteiger partial charge is 0.354 e. The van der Waals surface area contributed by atoms with Gasteiger partial charge in [-0.05, 0) is 42.7 Å². The molecule has 0 unspecified atom stereocenters. The summed E-state index contributed by atoms with van der Waals surface area (Å²) in [5, 5.41) is 1.51. The second-order valence-electron chi connectivity index (χ2n) is 5.54. The summed E-state index contributed by atoms with van der Waals surface area (Å²) in [4.78, 5) is 27.1. The zero-order valence-electron chi connectivity index (χ0n) is 13.4. The molecular weight excluding hydrogens is 361 g/mol. The Labute approximate surface area is 154 Å². The van der Waals surface area contributed by atoms with Gasteiger partial charge in [-0.3, -0.25) is 4.79 Å². The van der Waals surface area contributed by atoms with E-state index in [-0.39, 0.29) is 17.7 Å². The van der Waals surface area contributed by atoms with E-state index in [9.17, 15) is 9.59 Å². The number of hydrogen-bond acceptors (Lipinski definition) is 3. The number of rotatable bonds is 4. The molecule has 1 heterocycles. The molecule has 4 nitrogen and oxygen atoms in total. The number of fused-ring (bicyclic) bond motifs is 1. The van der Waals surface area contributed by atoms with Crippen molar-refractivity contribution in [3.05, 3.63) is 79.6 Å². The van der Waals surface area contributed by atoms with Crippen molar-refractivity contribution < 1.29 is 9.53 Å². The number of esters is 1. The zero-order valence-corrected chi connectivity index (χ0v) is 14.9. The number of pyridine rings is 1. The van der Waals surface area contributed by atoms with Crippen LogP contribution in [0.4, 0.5) is 0 Å². The highest BCUT2D eigenvalue weighted by atomic mass is 35.5. The fourth-order valence-corrected chi connectivity index (χ4v) is 3.01. The van der Waals surface area contributed by atoms with Gasteiger partial charge in [0, 0.05) is 17.0 Å². The van der Waals surface area contributed by atoms with Gasteiger partial charge in [0.25, 0.3) is 0 Å². The number of aromatic amines is 1. The second-order valence-corrected chi connectivity index (χ2v) is 6.32. The number of benzene rings is 2. The summed E-state index contributed by atoms with van der Waals surface area (Å²) < 4.78 is 4.92. The van der Waals surface area contributed by atoms with Crippen molar-refractivity contribution in [1.29, 1.82) is 0 Å². The minimum atomic E-state index is -0.545. The summed E-state index contributed by atoms with van der Waals surface area (Å²) in [6, 6.07) is 12.2. The average molecular weight is 376 g/mol. The van der Waals surface area contributed by atoms with E-state index >= 15 is 0 Å². The van der Waals surface area contributed by atoms with Gasteiger partial charge in [-0.15, -0.1) is 0 Å². The van der Waals surface area contributed by atoms with Crippen LogP contribution in [0.3, 0.4) is 0 Å². The van der Waals surface area contributed by atoms with Crippen molar-refractivity contribution in [1.82, 2.24) is 4.98 Å². The highest BCUT2D eigenvalue weighted by molar-refractivity contribution is 6.42. The van der Waals surface area contributed by atoms with Crippen molar-refractivity contribution in [2.24, 2.45) is 0 Å². The minimum Gasteiger partial charge on any atom is -0.461 e. The van der Waals surface area contributed by atoms with E-state index in [0.29, 0.717) is 27.4 Å². The molecule has 1 N–H and O–H groups in total. The average Bonchev–Trinajstić information content (AvgIpc) is 2.59. The molecule has 0 radical (unpaired) electrons. The van der Waals surface area contributed by atoms with Crippen LogP contribution in [0.5, 0.6) is 0 Å². The molecule has 0 saturated carbocycles. The molecule has 0 atom stereocenters. The first-order valence-electron chi connectivity index (χ1n) is 7.75. The van der Waals surface area contributed by atoms with Gasteiger partial charge in [0.05, 0.1) is 16.7 Å². The standard InChI is InChI=1S/C19H15Cl2NO3/c1-2-25-19(24)16-10-17(23)13-9-11(6-7-15(13)22-16)8-12-4-3-5-14(20)18(12)21/h3-7,9-10H,2,8H2,1H3,(H,22,23). The Morgan fingerprint density at radius 1 is 1.16 bits per heavy atom. The number of nitrogens with one attached hydrogen (secondary N) is 1. The predicted octanol–water partition coefficient (Wildman–Crippen LogP) is 4.60. The third kappa shape index (κ3) is 3.70. The van der Waals surface area contributed by atoms with Gasteiger partial charge in [0.15, 0.2) is 5.43 Å². The van der Waals surface area contributed by atoms with Crippen molar-refractivity contribution in [3.8, 4) is 0 Å². The number of carbonyl (C=O) groups is 1. The Hall–Kier alpha value is -2.30. The van der Waals surface area contributed by atoms with E-state index in [1.807, 2.05) is 18.2 Å². The molecule has 3 rings (SSSR count). The van der Waals surface area contributed by atoms with E-state index in [2.05, 4.69) is 4.98 Å². The first kappa shape index (κ1) is 17.5. The lowest BCUT2D eigenvalue weighted by atomic mass is 10.0. The molecule has 1 aromatic heterocycles. The van der Waals surface area contributed by atoms with Crippen LogP contribution in [-0.2, 0) is 11.2 Å². The van der Waals surface area contributed by atoms with Crippen LogP contribution in [-0.4, -0.2) is 17.6 Å². The van der Waals surface area contributed by atoms with Crippen molar-refractivity contribution in [3.63, 3.8) is 0 Å². The van der Waals surface area contributed by atoms with E-state index in [1.165, 1.54) is 6.07 Å². The Balaban J connectivity index is 1.99. The quantitative estimate of drug-likeness (QED) is 0.677. The Morgan fingerprint density at radius 2 is 1.96 bits per heavy atom. The van der Waals surface area contributed by atoms with Gasteiger partial charge in [-0.2, -0.15) is 0 Å². The predicted molar refractivity (Wildman–Crippen MR) is 99.8 cm³/mol. The topological polar surface area (TPSA) is 59.2 Å². The molecule has 0 amide bonds. The molecule has 25 heavy (non-hydrogen) atoms. The number of ether oxygens (including phenoxy) is 1. The molecular formula is C19H15Cl2NO3. The molecule has 3 aromatic rings. The number of hydrogen-bond donors (Lipinski definition) is 1. The fourth-order valence-electron chi connectivity index (χ4n) is 2.63. The van der Waals surface area contributed by atoms with Crippen LogP contribution >= 0.6 is 23.2 Å². The molecule has 0 aliphatic heterocycles. The SMILES string of the molecule is CCOC(=O)c1cc(=O)c2cc(Cc3cccc(Cl)c3Cl)ccc2[nH]1. The molecule has 0 spiro atoms. The van der Waals surface area contributed by atoms with E-state index in [4.69, 9.17) is 27.9 Å². The second kappa shape index (κ2) is 7.30. The largest absolute Gasteiger partial charge is 0.461 e. The molecule has 0 saturated heterocycles. The molecule has 0 bridgehead atoms. The Morgan fingerprint density at radius 3 is 2.72 bits per heavy atom. The number of carbonyl (C=O) groups excluding carboxylic acids is 1. The van der Waals surface area contributed by atoms with Crippen molar-refractivity contribution in [2.45, 2.75) is 13.3 Å². The monoisotopic (exact) mass is 375 g/mol. The minimum absolute atomic E-state index is 0.144. The third-order valence-electron chi connectivity index (χ3n) is 3.82. The maximum absolute atomic E-state index is 12.4. The lowest BCUT2D eigenvalue weighted by Crippen LogP contribution is -2.12. The summed E-state index contributed by atoms with van der Waals surface area (Å²) >= 11 is 12.3. The molecule has 0 fully saturated rings. The lowest BCUT2D eigenvalue weighted by molar-refractivity contribution is 0.0520. The van der Waals surface area contributed by atoms with Gasteiger partial charge < -0.3 is 9.72 Å². The van der Waals surface area contributed by atoms with Gasteiger partial charge in [0.1, 0.15) is 5.69 Å². The number of halogens is 2. The van der Waals surface area contributed by atoms with E-state index in [0.717, 1.165) is 11.1 Å². The first-order valence-corrected chi connectivity index (χ1v) is 8.51. The summed E-state index contributed by atoms with van der Waals surface area (Å²) in [6.45, 7) is 1.96. The summed E-state index contributed by atoms with van der Waals surface area (Å²) in [5.74, 6) is -0.545. The fraction of sp³-hybridized carbons (Fsp3) is 0.158. The molecule has 2 aromatic carbocycles. The van der Waals surface area contributed by atoms with Crippen LogP contribution in [0.2, 0.25) is 10.0 Å². The Bertz CT molecular complexity index is 1010. The van der Waals surface area contributed by atoms with Gasteiger partial charge in [-0.25, -0.2) is 4.79 Å². The zero-order chi connectivity index (χ0) is 18.0. The third-order valence-corrected chi connectivity index (χ3v) is 4.67. The molecule has 0 aliphatic carbocycles. The van der Waals surface area contributed by atoms with Crippen LogP contribution < -0.4 is 5.43 Å². The van der Waals surface area contributed by atoms with Crippen LogP contribution in [0.25, 0.3) is 10.9 Å². The summed E-state index contributed by atoms with van der Waals surface area (Å²) in [7, 11) is 0. The lowest BCUT2D eigenvalue weighted by Gasteiger charge is -2.08. The number of aromatic nitrogens is 1. The summed E-state index contributed by atoms with van der Waals surface area (Å²) in [6.07, 6.45) is 0.550. The molecule has 128 valence electrons. The molecule has 0 aliphatic rings.